The van der Waals surface area contributed by atoms with Gasteiger partial charge >= 0.3 is 0 Å². The highest BCUT2D eigenvalue weighted by Gasteiger charge is 2.32. The van der Waals surface area contributed by atoms with Crippen molar-refractivity contribution in [1.29, 1.82) is 0 Å². The van der Waals surface area contributed by atoms with E-state index < -0.39 is 0 Å². The highest BCUT2D eigenvalue weighted by molar-refractivity contribution is 5.94. The Hall–Kier alpha value is -3.74. The molecule has 1 atom stereocenters. The van der Waals surface area contributed by atoms with Gasteiger partial charge in [-0.25, -0.2) is 9.97 Å². The minimum atomic E-state index is -0.242. The van der Waals surface area contributed by atoms with Gasteiger partial charge in [-0.05, 0) is 31.4 Å². The van der Waals surface area contributed by atoms with E-state index in [4.69, 9.17) is 4.74 Å². The van der Waals surface area contributed by atoms with Crippen LogP contribution in [-0.4, -0.2) is 40.3 Å². The van der Waals surface area contributed by atoms with Crippen molar-refractivity contribution >= 4 is 11.8 Å². The molecule has 1 aliphatic rings. The van der Waals surface area contributed by atoms with Gasteiger partial charge in [0.2, 0.25) is 5.91 Å². The summed E-state index contributed by atoms with van der Waals surface area (Å²) in [4.78, 5) is 36.6. The first-order chi connectivity index (χ1) is 16.1. The molecule has 1 aliphatic heterocycles. The van der Waals surface area contributed by atoms with Crippen LogP contribution in [0.4, 0.5) is 0 Å². The summed E-state index contributed by atoms with van der Waals surface area (Å²) >= 11 is 0. The third kappa shape index (κ3) is 5.19. The molecule has 1 saturated heterocycles. The van der Waals surface area contributed by atoms with E-state index in [0.29, 0.717) is 36.6 Å². The molecule has 0 bridgehead atoms. The molecular formula is C26H28N4O3. The predicted molar refractivity (Wildman–Crippen MR) is 125 cm³/mol. The number of likely N-dealkylation sites (tertiary alicyclic amines) is 1. The zero-order chi connectivity index (χ0) is 23.2. The molecule has 1 N–H and O–H groups in total. The maximum Gasteiger partial charge on any atom is 0.254 e. The Morgan fingerprint density at radius 2 is 1.88 bits per heavy atom. The number of hydrogen-bond acceptors (Lipinski definition) is 5. The summed E-state index contributed by atoms with van der Waals surface area (Å²) in [5.74, 6) is 1.15. The number of benzene rings is 2. The van der Waals surface area contributed by atoms with Crippen molar-refractivity contribution in [2.24, 2.45) is 0 Å². The summed E-state index contributed by atoms with van der Waals surface area (Å²) in [6, 6.07) is 17.1. The molecule has 7 nitrogen and oxygen atoms in total. The van der Waals surface area contributed by atoms with E-state index in [9.17, 15) is 9.59 Å². The standard InChI is InChI=1S/C26H28N4O3/c1-18-21(26(32)28-16-20-11-6-7-13-23(20)33-2)17-27-25(29-18)22-12-8-14-30(22)24(31)15-19-9-4-3-5-10-19/h3-7,9-11,13,17,22H,8,12,14-16H2,1-2H3,(H,28,32). The van der Waals surface area contributed by atoms with E-state index in [1.165, 1.54) is 0 Å². The van der Waals surface area contributed by atoms with Gasteiger partial charge in [0.1, 0.15) is 5.75 Å². The van der Waals surface area contributed by atoms with Gasteiger partial charge in [-0.1, -0.05) is 48.5 Å². The molecule has 7 heteroatoms. The monoisotopic (exact) mass is 444 g/mol. The van der Waals surface area contributed by atoms with Crippen molar-refractivity contribution in [2.75, 3.05) is 13.7 Å². The number of rotatable bonds is 7. The van der Waals surface area contributed by atoms with Crippen molar-refractivity contribution in [3.05, 3.63) is 89.0 Å². The van der Waals surface area contributed by atoms with Crippen LogP contribution in [0.1, 0.15) is 51.9 Å². The van der Waals surface area contributed by atoms with Gasteiger partial charge in [0.15, 0.2) is 5.82 Å². The molecule has 1 aromatic heterocycles. The largest absolute Gasteiger partial charge is 0.496 e. The van der Waals surface area contributed by atoms with E-state index in [1.807, 2.05) is 59.5 Å². The Balaban J connectivity index is 1.44. The summed E-state index contributed by atoms with van der Waals surface area (Å²) in [5.41, 5.74) is 2.91. The molecule has 0 aliphatic carbocycles. The number of hydrogen-bond donors (Lipinski definition) is 1. The minimum Gasteiger partial charge on any atom is -0.496 e. The van der Waals surface area contributed by atoms with Gasteiger partial charge in [0, 0.05) is 24.8 Å². The lowest BCUT2D eigenvalue weighted by Crippen LogP contribution is -2.33. The SMILES string of the molecule is COc1ccccc1CNC(=O)c1cnc(C2CCCN2C(=O)Cc2ccccc2)nc1C. The van der Waals surface area contributed by atoms with Crippen molar-refractivity contribution in [1.82, 2.24) is 20.2 Å². The lowest BCUT2D eigenvalue weighted by atomic mass is 10.1. The Labute approximate surface area is 193 Å². The van der Waals surface area contributed by atoms with E-state index in [-0.39, 0.29) is 17.9 Å². The maximum absolute atomic E-state index is 12.9. The van der Waals surface area contributed by atoms with Crippen LogP contribution in [0.3, 0.4) is 0 Å². The van der Waals surface area contributed by atoms with Gasteiger partial charge in [-0.3, -0.25) is 9.59 Å². The topological polar surface area (TPSA) is 84.4 Å². The second kappa shape index (κ2) is 10.3. The molecule has 4 rings (SSSR count). The zero-order valence-electron chi connectivity index (χ0n) is 19.0. The average Bonchev–Trinajstić information content (AvgIpc) is 3.33. The van der Waals surface area contributed by atoms with Gasteiger partial charge in [0.25, 0.3) is 5.91 Å². The van der Waals surface area contributed by atoms with Crippen molar-refractivity contribution in [2.45, 2.75) is 38.8 Å². The molecule has 1 unspecified atom stereocenters. The Morgan fingerprint density at radius 3 is 2.64 bits per heavy atom. The van der Waals surface area contributed by atoms with Crippen LogP contribution in [0.5, 0.6) is 5.75 Å². The van der Waals surface area contributed by atoms with Crippen LogP contribution in [0.2, 0.25) is 0 Å². The molecule has 2 heterocycles. The molecule has 170 valence electrons. The number of methoxy groups -OCH3 is 1. The summed E-state index contributed by atoms with van der Waals surface area (Å²) in [7, 11) is 1.61. The number of ether oxygens (including phenoxy) is 1. The lowest BCUT2D eigenvalue weighted by Gasteiger charge is -2.24. The Kier molecular flexibility index (Phi) is 6.98. The van der Waals surface area contributed by atoms with Crippen LogP contribution in [-0.2, 0) is 17.8 Å². The first-order valence-corrected chi connectivity index (χ1v) is 11.1. The van der Waals surface area contributed by atoms with Crippen LogP contribution in [0.15, 0.2) is 60.8 Å². The second-order valence-corrected chi connectivity index (χ2v) is 8.13. The first kappa shape index (κ1) is 22.5. The number of carbonyl (C=O) groups excluding carboxylic acids is 2. The molecule has 2 aromatic carbocycles. The molecule has 0 spiro atoms. The predicted octanol–water partition coefficient (Wildman–Crippen LogP) is 3.63. The molecular weight excluding hydrogens is 416 g/mol. The molecule has 1 fully saturated rings. The fourth-order valence-electron chi connectivity index (χ4n) is 4.19. The highest BCUT2D eigenvalue weighted by atomic mass is 16.5. The van der Waals surface area contributed by atoms with Gasteiger partial charge in [-0.2, -0.15) is 0 Å². The summed E-state index contributed by atoms with van der Waals surface area (Å²) in [5, 5.41) is 2.91. The first-order valence-electron chi connectivity index (χ1n) is 11.1. The van der Waals surface area contributed by atoms with E-state index >= 15 is 0 Å². The Morgan fingerprint density at radius 1 is 1.12 bits per heavy atom. The van der Waals surface area contributed by atoms with E-state index in [1.54, 1.807) is 20.2 Å². The van der Waals surface area contributed by atoms with Gasteiger partial charge in [-0.15, -0.1) is 0 Å². The zero-order valence-corrected chi connectivity index (χ0v) is 19.0. The molecule has 3 aromatic rings. The summed E-state index contributed by atoms with van der Waals surface area (Å²) in [6.07, 6.45) is 3.65. The fraction of sp³-hybridized carbons (Fsp3) is 0.308. The normalized spacial score (nSPS) is 15.3. The molecule has 33 heavy (non-hydrogen) atoms. The minimum absolute atomic E-state index is 0.0728. The summed E-state index contributed by atoms with van der Waals surface area (Å²) in [6.45, 7) is 2.84. The van der Waals surface area contributed by atoms with Gasteiger partial charge < -0.3 is 15.0 Å². The summed E-state index contributed by atoms with van der Waals surface area (Å²) < 4.78 is 5.34. The number of para-hydroxylation sites is 1. The van der Waals surface area contributed by atoms with Gasteiger partial charge in [0.05, 0.1) is 30.8 Å². The number of carbonyl (C=O) groups is 2. The number of aromatic nitrogens is 2. The van der Waals surface area contributed by atoms with E-state index in [2.05, 4.69) is 15.3 Å². The number of nitrogens with one attached hydrogen (secondary N) is 1. The highest BCUT2D eigenvalue weighted by Crippen LogP contribution is 2.30. The number of amides is 2. The third-order valence-electron chi connectivity index (χ3n) is 5.94. The molecule has 2 amide bonds. The molecule has 0 saturated carbocycles. The van der Waals surface area contributed by atoms with Crippen molar-refractivity contribution in [3.63, 3.8) is 0 Å². The van der Waals surface area contributed by atoms with Crippen molar-refractivity contribution < 1.29 is 14.3 Å². The second-order valence-electron chi connectivity index (χ2n) is 8.13. The van der Waals surface area contributed by atoms with Crippen LogP contribution in [0, 0.1) is 6.92 Å². The van der Waals surface area contributed by atoms with Crippen LogP contribution >= 0.6 is 0 Å². The smallest absolute Gasteiger partial charge is 0.254 e. The average molecular weight is 445 g/mol. The third-order valence-corrected chi connectivity index (χ3v) is 5.94. The lowest BCUT2D eigenvalue weighted by molar-refractivity contribution is -0.131. The van der Waals surface area contributed by atoms with Crippen molar-refractivity contribution in [3.8, 4) is 5.75 Å². The van der Waals surface area contributed by atoms with E-state index in [0.717, 1.165) is 29.7 Å². The maximum atomic E-state index is 12.9. The molecule has 0 radical (unpaired) electrons. The Bertz CT molecular complexity index is 1130. The quantitative estimate of drug-likeness (QED) is 0.602. The fourth-order valence-corrected chi connectivity index (χ4v) is 4.19. The van der Waals surface area contributed by atoms with Crippen LogP contribution < -0.4 is 10.1 Å². The number of aryl methyl sites for hydroxylation is 1. The van der Waals surface area contributed by atoms with Crippen LogP contribution in [0.25, 0.3) is 0 Å². The number of nitrogens with zero attached hydrogens (tertiary/aromatic N) is 3.